The second-order valence-electron chi connectivity index (χ2n) is 8.79. The van der Waals surface area contributed by atoms with Crippen LogP contribution in [0.5, 0.6) is 0 Å². The molecular weight excluding hydrogens is 400 g/mol. The maximum Gasteiger partial charge on any atom is 0.264 e. The van der Waals surface area contributed by atoms with Gasteiger partial charge in [-0.15, -0.1) is 11.3 Å². The number of thiophene rings is 1. The van der Waals surface area contributed by atoms with Gasteiger partial charge in [0, 0.05) is 38.0 Å². The van der Waals surface area contributed by atoms with Gasteiger partial charge < -0.3 is 10.2 Å². The van der Waals surface area contributed by atoms with E-state index in [-0.39, 0.29) is 29.3 Å². The summed E-state index contributed by atoms with van der Waals surface area (Å²) in [6, 6.07) is -0.0212. The van der Waals surface area contributed by atoms with E-state index in [1.165, 1.54) is 11.3 Å². The summed E-state index contributed by atoms with van der Waals surface area (Å²) in [6.45, 7) is 7.49. The molecule has 8 heteroatoms. The molecule has 4 heterocycles. The van der Waals surface area contributed by atoms with Crippen LogP contribution in [0.4, 0.5) is 0 Å². The Bertz CT molecular complexity index is 1040. The standard InChI is InChI=1S/C22H30N4O3S/c1-13(2)19(27)23-15-8-7-10-25(12-15)22(29)18-14(3)17-20(30-18)24-16-9-5-4-6-11-26(16)21(17)28/h13,15H,4-12H2,1-3H3,(H,23,27). The second-order valence-corrected chi connectivity index (χ2v) is 9.78. The molecule has 2 aliphatic rings. The average molecular weight is 431 g/mol. The van der Waals surface area contributed by atoms with Crippen molar-refractivity contribution in [1.82, 2.24) is 19.8 Å². The normalized spacial score (nSPS) is 19.6. The van der Waals surface area contributed by atoms with Crippen LogP contribution in [-0.4, -0.2) is 45.4 Å². The molecule has 4 rings (SSSR count). The summed E-state index contributed by atoms with van der Waals surface area (Å²) in [5.41, 5.74) is 0.732. The minimum Gasteiger partial charge on any atom is -0.351 e. The van der Waals surface area contributed by atoms with E-state index in [1.807, 2.05) is 30.2 Å². The van der Waals surface area contributed by atoms with Crippen molar-refractivity contribution in [2.75, 3.05) is 13.1 Å². The summed E-state index contributed by atoms with van der Waals surface area (Å²) in [5.74, 6) is 0.736. The number of carbonyl (C=O) groups excluding carboxylic acids is 2. The molecule has 1 fully saturated rings. The largest absolute Gasteiger partial charge is 0.351 e. The summed E-state index contributed by atoms with van der Waals surface area (Å²) in [7, 11) is 0. The van der Waals surface area contributed by atoms with Gasteiger partial charge in [0.2, 0.25) is 5.91 Å². The van der Waals surface area contributed by atoms with Crippen LogP contribution in [-0.2, 0) is 17.8 Å². The van der Waals surface area contributed by atoms with Crippen LogP contribution in [0.3, 0.4) is 0 Å². The van der Waals surface area contributed by atoms with E-state index < -0.39 is 0 Å². The lowest BCUT2D eigenvalue weighted by atomic mass is 10.0. The van der Waals surface area contributed by atoms with E-state index in [1.54, 1.807) is 0 Å². The van der Waals surface area contributed by atoms with Crippen molar-refractivity contribution in [2.45, 2.75) is 71.9 Å². The molecule has 0 saturated carbocycles. The smallest absolute Gasteiger partial charge is 0.264 e. The molecule has 1 saturated heterocycles. The van der Waals surface area contributed by atoms with Crippen molar-refractivity contribution < 1.29 is 9.59 Å². The van der Waals surface area contributed by atoms with Gasteiger partial charge in [-0.25, -0.2) is 4.98 Å². The van der Waals surface area contributed by atoms with Crippen molar-refractivity contribution in [1.29, 1.82) is 0 Å². The molecule has 7 nitrogen and oxygen atoms in total. The minimum atomic E-state index is -0.0739. The molecule has 162 valence electrons. The fraction of sp³-hybridized carbons (Fsp3) is 0.636. The molecule has 0 bridgehead atoms. The third kappa shape index (κ3) is 3.89. The van der Waals surface area contributed by atoms with Gasteiger partial charge in [-0.05, 0) is 38.2 Å². The molecule has 2 aromatic heterocycles. The van der Waals surface area contributed by atoms with Gasteiger partial charge in [0.1, 0.15) is 10.7 Å². The summed E-state index contributed by atoms with van der Waals surface area (Å²) in [4.78, 5) is 46.4. The van der Waals surface area contributed by atoms with Crippen molar-refractivity contribution >= 4 is 33.4 Å². The van der Waals surface area contributed by atoms with Gasteiger partial charge >= 0.3 is 0 Å². The highest BCUT2D eigenvalue weighted by molar-refractivity contribution is 7.20. The molecule has 2 aromatic rings. The number of rotatable bonds is 3. The van der Waals surface area contributed by atoms with Gasteiger partial charge in [-0.3, -0.25) is 19.0 Å². The van der Waals surface area contributed by atoms with E-state index in [0.29, 0.717) is 34.7 Å². The number of hydrogen-bond donors (Lipinski definition) is 1. The molecule has 0 aromatic carbocycles. The molecule has 30 heavy (non-hydrogen) atoms. The number of nitrogens with zero attached hydrogens (tertiary/aromatic N) is 3. The van der Waals surface area contributed by atoms with Crippen molar-refractivity contribution in [3.63, 3.8) is 0 Å². The Morgan fingerprint density at radius 1 is 1.17 bits per heavy atom. The molecule has 1 N–H and O–H groups in total. The molecule has 2 amide bonds. The number of nitrogens with one attached hydrogen (secondary N) is 1. The predicted molar refractivity (Wildman–Crippen MR) is 118 cm³/mol. The highest BCUT2D eigenvalue weighted by Gasteiger charge is 2.29. The molecule has 2 aliphatic heterocycles. The lowest BCUT2D eigenvalue weighted by Crippen LogP contribution is -2.50. The topological polar surface area (TPSA) is 84.3 Å². The molecular formula is C22H30N4O3S. The monoisotopic (exact) mass is 430 g/mol. The predicted octanol–water partition coefficient (Wildman–Crippen LogP) is 2.87. The zero-order chi connectivity index (χ0) is 21.4. The fourth-order valence-corrected chi connectivity index (χ4v) is 5.56. The summed E-state index contributed by atoms with van der Waals surface area (Å²) < 4.78 is 1.81. The summed E-state index contributed by atoms with van der Waals surface area (Å²) in [5, 5.41) is 3.65. The van der Waals surface area contributed by atoms with Crippen LogP contribution in [0.25, 0.3) is 10.2 Å². The molecule has 0 aliphatic carbocycles. The van der Waals surface area contributed by atoms with E-state index in [0.717, 1.165) is 49.9 Å². The average Bonchev–Trinajstić information content (AvgIpc) is 2.89. The van der Waals surface area contributed by atoms with E-state index in [2.05, 4.69) is 5.32 Å². The van der Waals surface area contributed by atoms with Crippen LogP contribution in [0.2, 0.25) is 0 Å². The maximum atomic E-state index is 13.3. The number of fused-ring (bicyclic) bond motifs is 2. The van der Waals surface area contributed by atoms with Crippen LogP contribution in [0, 0.1) is 12.8 Å². The lowest BCUT2D eigenvalue weighted by molar-refractivity contribution is -0.125. The van der Waals surface area contributed by atoms with Gasteiger partial charge in [0.15, 0.2) is 0 Å². The first-order valence-corrected chi connectivity index (χ1v) is 11.8. The first kappa shape index (κ1) is 21.0. The summed E-state index contributed by atoms with van der Waals surface area (Å²) >= 11 is 1.34. The van der Waals surface area contributed by atoms with Crippen LogP contribution in [0.15, 0.2) is 4.79 Å². The Hall–Kier alpha value is -2.22. The Balaban J connectivity index is 1.62. The van der Waals surface area contributed by atoms with Crippen LogP contribution >= 0.6 is 11.3 Å². The van der Waals surface area contributed by atoms with Gasteiger partial charge in [-0.2, -0.15) is 0 Å². The van der Waals surface area contributed by atoms with Crippen LogP contribution < -0.4 is 10.9 Å². The number of aromatic nitrogens is 2. The second kappa shape index (κ2) is 8.49. The molecule has 0 radical (unpaired) electrons. The van der Waals surface area contributed by atoms with E-state index in [4.69, 9.17) is 4.98 Å². The van der Waals surface area contributed by atoms with Crippen molar-refractivity contribution in [2.24, 2.45) is 5.92 Å². The van der Waals surface area contributed by atoms with Gasteiger partial charge in [0.05, 0.1) is 10.3 Å². The van der Waals surface area contributed by atoms with Crippen LogP contribution in [0.1, 0.15) is 67.0 Å². The third-order valence-corrected chi connectivity index (χ3v) is 7.36. The Kier molecular flexibility index (Phi) is 5.95. The Morgan fingerprint density at radius 3 is 2.73 bits per heavy atom. The van der Waals surface area contributed by atoms with Gasteiger partial charge in [0.25, 0.3) is 11.5 Å². The molecule has 0 spiro atoms. The zero-order valence-corrected chi connectivity index (χ0v) is 18.8. The molecule has 1 unspecified atom stereocenters. The van der Waals surface area contributed by atoms with E-state index >= 15 is 0 Å². The third-order valence-electron chi connectivity index (χ3n) is 6.19. The summed E-state index contributed by atoms with van der Waals surface area (Å²) in [6.07, 6.45) is 5.70. The maximum absolute atomic E-state index is 13.3. The van der Waals surface area contributed by atoms with Crippen molar-refractivity contribution in [3.05, 3.63) is 26.6 Å². The lowest BCUT2D eigenvalue weighted by Gasteiger charge is -2.33. The number of carbonyl (C=O) groups is 2. The number of piperidine rings is 1. The SMILES string of the molecule is Cc1c(C(=O)N2CCCC(NC(=O)C(C)C)C2)sc2nc3n(c(=O)c12)CCCCC3. The number of hydrogen-bond acceptors (Lipinski definition) is 5. The zero-order valence-electron chi connectivity index (χ0n) is 18.0. The van der Waals surface area contributed by atoms with E-state index in [9.17, 15) is 14.4 Å². The van der Waals surface area contributed by atoms with Crippen molar-refractivity contribution in [3.8, 4) is 0 Å². The first-order valence-electron chi connectivity index (χ1n) is 11.0. The van der Waals surface area contributed by atoms with Gasteiger partial charge in [-0.1, -0.05) is 20.3 Å². The number of likely N-dealkylation sites (tertiary alicyclic amines) is 1. The highest BCUT2D eigenvalue weighted by Crippen LogP contribution is 2.30. The quantitative estimate of drug-likeness (QED) is 0.812. The Morgan fingerprint density at radius 2 is 1.97 bits per heavy atom. The number of amides is 2. The first-order chi connectivity index (χ1) is 14.4. The molecule has 1 atom stereocenters. The number of aryl methyl sites for hydroxylation is 2. The fourth-order valence-electron chi connectivity index (χ4n) is 4.40. The minimum absolute atomic E-state index is 0.00887. The Labute approximate surface area is 180 Å². The highest BCUT2D eigenvalue weighted by atomic mass is 32.1.